The third-order valence-electron chi connectivity index (χ3n) is 4.51. The summed E-state index contributed by atoms with van der Waals surface area (Å²) in [5, 5.41) is 13.3. The van der Waals surface area contributed by atoms with Gasteiger partial charge in [0.25, 0.3) is 0 Å². The van der Waals surface area contributed by atoms with Gasteiger partial charge in [-0.3, -0.25) is 4.79 Å². The second-order valence-electron chi connectivity index (χ2n) is 6.54. The first kappa shape index (κ1) is 19.1. The maximum Gasteiger partial charge on any atom is 0.230 e. The number of ether oxygens (including phenoxy) is 2. The van der Waals surface area contributed by atoms with E-state index >= 15 is 0 Å². The largest absolute Gasteiger partial charge is 0.497 e. The Labute approximate surface area is 148 Å². The van der Waals surface area contributed by atoms with Crippen LogP contribution in [0.5, 0.6) is 5.75 Å². The Morgan fingerprint density at radius 3 is 2.54 bits per heavy atom. The topological polar surface area (TPSA) is 67.8 Å². The molecule has 0 aliphatic carbocycles. The van der Waals surface area contributed by atoms with Crippen LogP contribution in [-0.2, 0) is 14.9 Å². The summed E-state index contributed by atoms with van der Waals surface area (Å²) in [6, 6.07) is 7.65. The molecule has 5 nitrogen and oxygen atoms in total. The third kappa shape index (κ3) is 4.43. The van der Waals surface area contributed by atoms with Crippen molar-refractivity contribution in [3.05, 3.63) is 29.8 Å². The normalized spacial score (nSPS) is 19.3. The average molecular weight is 353 g/mol. The summed E-state index contributed by atoms with van der Waals surface area (Å²) >= 11 is 1.56. The van der Waals surface area contributed by atoms with Gasteiger partial charge in [0.2, 0.25) is 5.91 Å². The number of methoxy groups -OCH3 is 1. The number of carbonyl (C=O) groups excluding carboxylic acids is 1. The van der Waals surface area contributed by atoms with Gasteiger partial charge in [-0.2, -0.15) is 11.8 Å². The zero-order valence-corrected chi connectivity index (χ0v) is 15.4. The molecule has 1 aliphatic heterocycles. The predicted molar refractivity (Wildman–Crippen MR) is 96.7 cm³/mol. The summed E-state index contributed by atoms with van der Waals surface area (Å²) in [6.07, 6.45) is 3.21. The van der Waals surface area contributed by atoms with E-state index in [-0.39, 0.29) is 12.5 Å². The molecule has 0 saturated carbocycles. The zero-order chi connectivity index (χ0) is 17.6. The molecule has 2 rings (SSSR count). The predicted octanol–water partition coefficient (Wildman–Crippen LogP) is 1.97. The van der Waals surface area contributed by atoms with Gasteiger partial charge in [-0.25, -0.2) is 0 Å². The number of benzene rings is 1. The summed E-state index contributed by atoms with van der Waals surface area (Å²) in [5.74, 6) is 1.30. The molecule has 0 bridgehead atoms. The van der Waals surface area contributed by atoms with Crippen molar-refractivity contribution in [3.63, 3.8) is 0 Å². The molecule has 0 aromatic heterocycles. The summed E-state index contributed by atoms with van der Waals surface area (Å²) in [6.45, 7) is 3.10. The van der Waals surface area contributed by atoms with Gasteiger partial charge in [0.15, 0.2) is 0 Å². The number of thioether (sulfide) groups is 1. The van der Waals surface area contributed by atoms with Gasteiger partial charge in [-0.1, -0.05) is 12.1 Å². The van der Waals surface area contributed by atoms with Crippen LogP contribution >= 0.6 is 11.8 Å². The molecule has 24 heavy (non-hydrogen) atoms. The molecule has 1 fully saturated rings. The number of aliphatic hydroxyl groups is 1. The van der Waals surface area contributed by atoms with Gasteiger partial charge < -0.3 is 19.9 Å². The van der Waals surface area contributed by atoms with E-state index in [0.29, 0.717) is 31.8 Å². The first-order chi connectivity index (χ1) is 11.4. The molecule has 2 N–H and O–H groups in total. The number of hydrogen-bond donors (Lipinski definition) is 2. The minimum absolute atomic E-state index is 0.0441. The minimum atomic E-state index is -0.915. The highest BCUT2D eigenvalue weighted by Crippen LogP contribution is 2.36. The molecular formula is C18H27NO4S. The molecule has 0 radical (unpaired) electrons. The zero-order valence-electron chi connectivity index (χ0n) is 14.6. The van der Waals surface area contributed by atoms with Gasteiger partial charge in [0.1, 0.15) is 5.75 Å². The second-order valence-corrected chi connectivity index (χ2v) is 7.40. The molecular weight excluding hydrogens is 326 g/mol. The molecule has 1 amide bonds. The molecule has 1 aromatic rings. The van der Waals surface area contributed by atoms with Crippen molar-refractivity contribution in [2.75, 3.05) is 38.9 Å². The third-order valence-corrected chi connectivity index (χ3v) is 5.42. The number of rotatable bonds is 7. The summed E-state index contributed by atoms with van der Waals surface area (Å²) in [5.41, 5.74) is -0.560. The van der Waals surface area contributed by atoms with Gasteiger partial charge in [-0.05, 0) is 43.7 Å². The first-order valence-electron chi connectivity index (χ1n) is 8.15. The maximum atomic E-state index is 13.0. The van der Waals surface area contributed by atoms with Crippen LogP contribution in [0.1, 0.15) is 25.3 Å². The van der Waals surface area contributed by atoms with E-state index in [0.717, 1.165) is 11.3 Å². The fourth-order valence-corrected chi connectivity index (χ4v) is 3.80. The van der Waals surface area contributed by atoms with Crippen molar-refractivity contribution in [1.29, 1.82) is 0 Å². The van der Waals surface area contributed by atoms with Crippen molar-refractivity contribution in [3.8, 4) is 5.75 Å². The highest BCUT2D eigenvalue weighted by atomic mass is 32.2. The highest BCUT2D eigenvalue weighted by Gasteiger charge is 2.42. The van der Waals surface area contributed by atoms with E-state index in [2.05, 4.69) is 5.32 Å². The van der Waals surface area contributed by atoms with Crippen LogP contribution in [0.4, 0.5) is 0 Å². The Hall–Kier alpha value is -1.24. The molecule has 1 unspecified atom stereocenters. The molecule has 1 atom stereocenters. The Bertz CT molecular complexity index is 538. The Kier molecular flexibility index (Phi) is 6.54. The van der Waals surface area contributed by atoms with E-state index in [4.69, 9.17) is 9.47 Å². The van der Waals surface area contributed by atoms with Gasteiger partial charge in [-0.15, -0.1) is 0 Å². The Balaban J connectivity index is 2.18. The quantitative estimate of drug-likeness (QED) is 0.784. The fourth-order valence-electron chi connectivity index (χ4n) is 3.08. The van der Waals surface area contributed by atoms with E-state index in [1.807, 2.05) is 30.5 Å². The molecule has 6 heteroatoms. The summed E-state index contributed by atoms with van der Waals surface area (Å²) in [4.78, 5) is 13.0. The van der Waals surface area contributed by atoms with Gasteiger partial charge in [0.05, 0.1) is 18.1 Å². The SMILES string of the molecule is COc1ccc(C2(C(=O)NCC(C)(O)CSC)CCOCC2)cc1. The maximum absolute atomic E-state index is 13.0. The van der Waals surface area contributed by atoms with Gasteiger partial charge >= 0.3 is 0 Å². The number of amides is 1. The van der Waals surface area contributed by atoms with Crippen LogP contribution < -0.4 is 10.1 Å². The lowest BCUT2D eigenvalue weighted by Crippen LogP contribution is -2.52. The average Bonchev–Trinajstić information content (AvgIpc) is 2.60. The van der Waals surface area contributed by atoms with Crippen LogP contribution in [0, 0.1) is 0 Å². The smallest absolute Gasteiger partial charge is 0.230 e. The summed E-state index contributed by atoms with van der Waals surface area (Å²) < 4.78 is 10.7. The number of nitrogens with one attached hydrogen (secondary N) is 1. The summed E-state index contributed by atoms with van der Waals surface area (Å²) in [7, 11) is 1.62. The Morgan fingerprint density at radius 1 is 1.38 bits per heavy atom. The van der Waals surface area contributed by atoms with Crippen molar-refractivity contribution in [2.24, 2.45) is 0 Å². The van der Waals surface area contributed by atoms with Crippen LogP contribution in [0.3, 0.4) is 0 Å². The van der Waals surface area contributed by atoms with Crippen LogP contribution in [0.2, 0.25) is 0 Å². The van der Waals surface area contributed by atoms with E-state index in [9.17, 15) is 9.90 Å². The van der Waals surface area contributed by atoms with E-state index in [1.54, 1.807) is 25.8 Å². The minimum Gasteiger partial charge on any atom is -0.497 e. The van der Waals surface area contributed by atoms with Crippen molar-refractivity contribution in [1.82, 2.24) is 5.32 Å². The number of carbonyl (C=O) groups is 1. The molecule has 1 aromatic carbocycles. The second kappa shape index (κ2) is 8.23. The van der Waals surface area contributed by atoms with Crippen molar-refractivity contribution >= 4 is 17.7 Å². The lowest BCUT2D eigenvalue weighted by atomic mass is 9.73. The van der Waals surface area contributed by atoms with Crippen LogP contribution in [-0.4, -0.2) is 55.5 Å². The molecule has 1 aliphatic rings. The highest BCUT2D eigenvalue weighted by molar-refractivity contribution is 7.98. The molecule has 134 valence electrons. The van der Waals surface area contributed by atoms with Crippen LogP contribution in [0.15, 0.2) is 24.3 Å². The lowest BCUT2D eigenvalue weighted by molar-refractivity contribution is -0.131. The Morgan fingerprint density at radius 2 is 2.00 bits per heavy atom. The standard InChI is InChI=1S/C18H27NO4S/c1-17(21,13-24-3)12-19-16(20)18(8-10-23-11-9-18)14-4-6-15(22-2)7-5-14/h4-7,21H,8-13H2,1-3H3,(H,19,20). The van der Waals surface area contributed by atoms with Crippen molar-refractivity contribution < 1.29 is 19.4 Å². The molecule has 1 heterocycles. The van der Waals surface area contributed by atoms with Crippen LogP contribution in [0.25, 0.3) is 0 Å². The molecule has 1 saturated heterocycles. The lowest BCUT2D eigenvalue weighted by Gasteiger charge is -2.37. The van der Waals surface area contributed by atoms with Gasteiger partial charge in [0, 0.05) is 25.5 Å². The number of hydrogen-bond acceptors (Lipinski definition) is 5. The molecule has 0 spiro atoms. The first-order valence-corrected chi connectivity index (χ1v) is 9.55. The van der Waals surface area contributed by atoms with Crippen molar-refractivity contribution in [2.45, 2.75) is 30.8 Å². The van der Waals surface area contributed by atoms with E-state index in [1.165, 1.54) is 0 Å². The monoisotopic (exact) mass is 353 g/mol. The van der Waals surface area contributed by atoms with E-state index < -0.39 is 11.0 Å². The fraction of sp³-hybridized carbons (Fsp3) is 0.611.